The summed E-state index contributed by atoms with van der Waals surface area (Å²) in [4.78, 5) is 22.5. The van der Waals surface area contributed by atoms with E-state index < -0.39 is 51.1 Å². The van der Waals surface area contributed by atoms with Crippen LogP contribution in [0.2, 0.25) is 0 Å². The fraction of sp³-hybridized carbons (Fsp3) is 0.711. The van der Waals surface area contributed by atoms with Crippen molar-refractivity contribution in [2.45, 2.75) is 147 Å². The van der Waals surface area contributed by atoms with Crippen LogP contribution in [0.25, 0.3) is 5.52 Å². The van der Waals surface area contributed by atoms with E-state index in [0.29, 0.717) is 17.8 Å². The van der Waals surface area contributed by atoms with E-state index in [1.807, 2.05) is 6.07 Å². The maximum Gasteiger partial charge on any atom is 0.472 e. The van der Waals surface area contributed by atoms with Crippen LogP contribution in [0.1, 0.15) is 128 Å². The topological polar surface area (TPSA) is 230 Å². The molecule has 55 heavy (non-hydrogen) atoms. The molecule has 0 aromatic carbocycles. The summed E-state index contributed by atoms with van der Waals surface area (Å²) in [6.45, 7) is 3.31. The van der Waals surface area contributed by atoms with Crippen molar-refractivity contribution < 1.29 is 42.9 Å². The van der Waals surface area contributed by atoms with Crippen molar-refractivity contribution in [2.24, 2.45) is 0 Å². The van der Waals surface area contributed by atoms with Gasteiger partial charge in [0.15, 0.2) is 11.5 Å². The number of phosphoric ester groups is 1. The summed E-state index contributed by atoms with van der Waals surface area (Å²) in [6.07, 6.45) is 19.1. The maximum absolute atomic E-state index is 13.0. The molecular formula is C38H60N7O9P. The summed E-state index contributed by atoms with van der Waals surface area (Å²) in [5.74, 6) is 0.295. The Kier molecular flexibility index (Phi) is 18.7. The van der Waals surface area contributed by atoms with Crippen LogP contribution < -0.4 is 10.5 Å². The van der Waals surface area contributed by atoms with Gasteiger partial charge in [-0.2, -0.15) is 10.4 Å². The monoisotopic (exact) mass is 789 g/mol. The molecule has 4 rings (SSSR count). The molecule has 1 aliphatic rings. The Morgan fingerprint density at radius 3 is 2.16 bits per heavy atom. The van der Waals surface area contributed by atoms with Gasteiger partial charge in [0.05, 0.1) is 37.9 Å². The minimum atomic E-state index is -4.72. The Hall–Kier alpha value is -3.26. The number of ether oxygens (including phenoxy) is 3. The molecule has 6 atom stereocenters. The van der Waals surface area contributed by atoms with E-state index in [4.69, 9.17) is 34.3 Å². The van der Waals surface area contributed by atoms with E-state index in [9.17, 15) is 19.7 Å². The molecule has 0 saturated carbocycles. The Morgan fingerprint density at radius 2 is 1.56 bits per heavy atom. The molecule has 0 bridgehead atoms. The van der Waals surface area contributed by atoms with Gasteiger partial charge in [0, 0.05) is 6.61 Å². The van der Waals surface area contributed by atoms with Gasteiger partial charge in [-0.25, -0.2) is 24.0 Å². The lowest BCUT2D eigenvalue weighted by Gasteiger charge is -2.27. The van der Waals surface area contributed by atoms with Crippen LogP contribution in [0.3, 0.4) is 0 Å². The smallest absolute Gasteiger partial charge is 0.468 e. The van der Waals surface area contributed by atoms with E-state index >= 15 is 0 Å². The average Bonchev–Trinajstić information content (AvgIpc) is 3.72. The van der Waals surface area contributed by atoms with Crippen LogP contribution in [-0.4, -0.2) is 90.5 Å². The number of aliphatic hydroxyl groups excluding tert-OH is 2. The summed E-state index contributed by atoms with van der Waals surface area (Å²) in [7, 11) is -4.72. The molecule has 4 heterocycles. The number of hydrogen-bond donors (Lipinski definition) is 4. The van der Waals surface area contributed by atoms with Gasteiger partial charge in [0.2, 0.25) is 5.88 Å². The first-order valence-electron chi connectivity index (χ1n) is 19.8. The number of anilines is 1. The number of fused-ring (bicyclic) bond motifs is 1. The third-order valence-corrected chi connectivity index (χ3v) is 10.9. The van der Waals surface area contributed by atoms with E-state index in [1.165, 1.54) is 107 Å². The van der Waals surface area contributed by atoms with Crippen molar-refractivity contribution >= 4 is 19.2 Å². The van der Waals surface area contributed by atoms with E-state index in [2.05, 4.69) is 27.0 Å². The van der Waals surface area contributed by atoms with Crippen molar-refractivity contribution in [3.63, 3.8) is 0 Å². The predicted molar refractivity (Wildman–Crippen MR) is 205 cm³/mol. The molecule has 3 aromatic rings. The Morgan fingerprint density at radius 1 is 0.927 bits per heavy atom. The second-order valence-electron chi connectivity index (χ2n) is 14.4. The summed E-state index contributed by atoms with van der Waals surface area (Å²) in [5, 5.41) is 35.0. The molecule has 306 valence electrons. The van der Waals surface area contributed by atoms with Gasteiger partial charge in [0.1, 0.15) is 47.9 Å². The first kappa shape index (κ1) is 44.5. The van der Waals surface area contributed by atoms with Crippen molar-refractivity contribution in [1.82, 2.24) is 24.6 Å². The zero-order valence-electron chi connectivity index (χ0n) is 32.3. The first-order valence-corrected chi connectivity index (χ1v) is 21.3. The highest BCUT2D eigenvalue weighted by Gasteiger charge is 2.54. The highest BCUT2D eigenvalue weighted by Crippen LogP contribution is 2.46. The lowest BCUT2D eigenvalue weighted by atomic mass is 9.93. The quantitative estimate of drug-likeness (QED) is 0.0476. The summed E-state index contributed by atoms with van der Waals surface area (Å²) in [6, 6.07) is 5.18. The maximum atomic E-state index is 13.0. The summed E-state index contributed by atoms with van der Waals surface area (Å²) in [5.41, 5.74) is 5.45. The lowest BCUT2D eigenvalue weighted by Crippen LogP contribution is -2.39. The number of rotatable bonds is 28. The Balaban J connectivity index is 1.16. The van der Waals surface area contributed by atoms with Gasteiger partial charge < -0.3 is 35.1 Å². The van der Waals surface area contributed by atoms with Crippen molar-refractivity contribution in [1.29, 1.82) is 5.26 Å². The van der Waals surface area contributed by atoms with Gasteiger partial charge in [-0.1, -0.05) is 103 Å². The zero-order valence-corrected chi connectivity index (χ0v) is 33.2. The summed E-state index contributed by atoms with van der Waals surface area (Å²) >= 11 is 0. The number of nitrogens with zero attached hydrogens (tertiary/aromatic N) is 6. The van der Waals surface area contributed by atoms with Crippen LogP contribution in [0.5, 0.6) is 5.88 Å². The number of aromatic nitrogens is 5. The van der Waals surface area contributed by atoms with Gasteiger partial charge in [-0.3, -0.25) is 9.05 Å². The van der Waals surface area contributed by atoms with E-state index in [1.54, 1.807) is 19.1 Å². The molecule has 3 aromatic heterocycles. The molecule has 16 nitrogen and oxygen atoms in total. The number of nitrogens with two attached hydrogens (primary N) is 1. The van der Waals surface area contributed by atoms with Crippen LogP contribution in [0.4, 0.5) is 5.82 Å². The number of phosphoric acid groups is 1. The number of hydrogen-bond acceptors (Lipinski definition) is 14. The molecule has 0 spiro atoms. The van der Waals surface area contributed by atoms with Crippen LogP contribution in [0, 0.1) is 11.3 Å². The van der Waals surface area contributed by atoms with Gasteiger partial charge in [0.25, 0.3) is 0 Å². The Bertz CT molecular complexity index is 1640. The van der Waals surface area contributed by atoms with E-state index in [-0.39, 0.29) is 24.0 Å². The average molecular weight is 790 g/mol. The van der Waals surface area contributed by atoms with Crippen LogP contribution >= 0.6 is 7.82 Å². The standard InChI is InChI=1S/C38H60N7O9P/c1-3-4-5-6-7-8-9-10-11-12-13-14-15-16-17-18-21-50-25-30(53-34-24-41-29(22-39)23-42-34)26-51-55(48,49)52-27-32-35(46)36(47)38(2,54-32)33-20-19-31-37(40)43-28-44-45(31)33/h19-20,23-24,28,30,32,35-36,46-47H,3-18,21,25-27H2,1-2H3,(H,48,49)(H2,40,43,44)/t30-,32-,35-,36-,38+/m1/s1. The molecule has 17 heteroatoms. The van der Waals surface area contributed by atoms with Gasteiger partial charge >= 0.3 is 7.82 Å². The van der Waals surface area contributed by atoms with Crippen LogP contribution in [0.15, 0.2) is 30.9 Å². The third kappa shape index (κ3) is 14.0. The van der Waals surface area contributed by atoms with Crippen molar-refractivity contribution in [2.75, 3.05) is 32.2 Å². The fourth-order valence-corrected chi connectivity index (χ4v) is 7.49. The van der Waals surface area contributed by atoms with Crippen LogP contribution in [-0.2, 0) is 28.7 Å². The van der Waals surface area contributed by atoms with E-state index in [0.717, 1.165) is 19.3 Å². The second kappa shape index (κ2) is 23.1. The molecular weight excluding hydrogens is 729 g/mol. The number of unbranched alkanes of at least 4 members (excludes halogenated alkanes) is 15. The zero-order chi connectivity index (χ0) is 39.5. The minimum absolute atomic E-state index is 0.0226. The largest absolute Gasteiger partial charge is 0.472 e. The minimum Gasteiger partial charge on any atom is -0.468 e. The molecule has 0 aliphatic carbocycles. The molecule has 1 saturated heterocycles. The van der Waals surface area contributed by atoms with Gasteiger partial charge in [-0.15, -0.1) is 0 Å². The van der Waals surface area contributed by atoms with Crippen molar-refractivity contribution in [3.8, 4) is 11.9 Å². The third-order valence-electron chi connectivity index (χ3n) is 9.96. The number of nitrogen functional groups attached to an aromatic ring is 1. The number of nitriles is 1. The molecule has 1 unspecified atom stereocenters. The second-order valence-corrected chi connectivity index (χ2v) is 15.8. The SMILES string of the molecule is CCCCCCCCCCCCCCCCCCOC[C@H](COP(=O)(O)OC[C@H]1O[C@@](C)(c2ccc3c(N)ncnn23)[C@H](O)[C@@H]1O)Oc1cnc(C#N)cn1. The highest BCUT2D eigenvalue weighted by atomic mass is 31.2. The highest BCUT2D eigenvalue weighted by molar-refractivity contribution is 7.47. The molecule has 0 radical (unpaired) electrons. The first-order chi connectivity index (χ1) is 26.6. The van der Waals surface area contributed by atoms with Crippen molar-refractivity contribution in [3.05, 3.63) is 42.2 Å². The molecule has 1 fully saturated rings. The number of aliphatic hydroxyl groups is 2. The molecule has 0 amide bonds. The normalized spacial score (nSPS) is 21.4. The molecule has 5 N–H and O–H groups in total. The lowest BCUT2D eigenvalue weighted by molar-refractivity contribution is -0.0892. The predicted octanol–water partition coefficient (Wildman–Crippen LogP) is 6.17. The Labute approximate surface area is 324 Å². The van der Waals surface area contributed by atoms with Gasteiger partial charge in [-0.05, 0) is 25.5 Å². The fourth-order valence-electron chi connectivity index (χ4n) is 6.73. The molecule has 1 aliphatic heterocycles. The summed E-state index contributed by atoms with van der Waals surface area (Å²) < 4.78 is 42.5.